The summed E-state index contributed by atoms with van der Waals surface area (Å²) >= 11 is 0. The lowest BCUT2D eigenvalue weighted by atomic mass is 10.1. The molecule has 25 heavy (non-hydrogen) atoms. The molecule has 2 N–H and O–H groups in total. The van der Waals surface area contributed by atoms with Crippen LogP contribution in [0.1, 0.15) is 5.82 Å². The molecule has 2 aromatic heterocycles. The van der Waals surface area contributed by atoms with Crippen molar-refractivity contribution in [3.8, 4) is 0 Å². The maximum Gasteiger partial charge on any atom is 0.227 e. The molecule has 2 aliphatic heterocycles. The number of H-pyrrole nitrogens is 1. The van der Waals surface area contributed by atoms with Crippen LogP contribution in [0.2, 0.25) is 0 Å². The molecule has 134 valence electrons. The van der Waals surface area contributed by atoms with Crippen LogP contribution in [0.3, 0.4) is 0 Å². The lowest BCUT2D eigenvalue weighted by Crippen LogP contribution is -2.57. The second-order valence-electron chi connectivity index (χ2n) is 6.51. The third kappa shape index (κ3) is 3.31. The van der Waals surface area contributed by atoms with Crippen LogP contribution in [-0.2, 0) is 16.4 Å². The van der Waals surface area contributed by atoms with Gasteiger partial charge in [-0.1, -0.05) is 0 Å². The predicted molar refractivity (Wildman–Crippen MR) is 94.3 cm³/mol. The standard InChI is InChI=1S/C15H21N7O2S/c1-21(8-13-17-4-5-18-13)15-19-3-2-14(20-15)22-7-6-16-11-9-25(23,24)10-12(11)22/h2-5,11-12,16H,6-10H2,1H3,(H,17,18)/t11-,12+/m1/s1. The van der Waals surface area contributed by atoms with Gasteiger partial charge in [0, 0.05) is 44.8 Å². The van der Waals surface area contributed by atoms with Crippen molar-refractivity contribution in [1.29, 1.82) is 0 Å². The minimum Gasteiger partial charge on any atom is -0.350 e. The Morgan fingerprint density at radius 1 is 1.32 bits per heavy atom. The van der Waals surface area contributed by atoms with Crippen molar-refractivity contribution < 1.29 is 8.42 Å². The molecule has 0 radical (unpaired) electrons. The number of imidazole rings is 1. The van der Waals surface area contributed by atoms with Crippen LogP contribution in [0.5, 0.6) is 0 Å². The Balaban J connectivity index is 1.56. The van der Waals surface area contributed by atoms with E-state index in [1.807, 2.05) is 18.0 Å². The summed E-state index contributed by atoms with van der Waals surface area (Å²) < 4.78 is 24.0. The average molecular weight is 363 g/mol. The van der Waals surface area contributed by atoms with Gasteiger partial charge in [0.2, 0.25) is 5.95 Å². The number of sulfone groups is 1. The minimum absolute atomic E-state index is 0.0296. The highest BCUT2D eigenvalue weighted by Gasteiger charge is 2.43. The molecule has 0 amide bonds. The molecule has 2 saturated heterocycles. The number of hydrogen-bond acceptors (Lipinski definition) is 8. The van der Waals surface area contributed by atoms with Gasteiger partial charge in [0.15, 0.2) is 9.84 Å². The van der Waals surface area contributed by atoms with Gasteiger partial charge in [0.25, 0.3) is 0 Å². The number of nitrogens with zero attached hydrogens (tertiary/aromatic N) is 5. The second kappa shape index (κ2) is 6.26. The van der Waals surface area contributed by atoms with E-state index < -0.39 is 9.84 Å². The zero-order valence-electron chi connectivity index (χ0n) is 14.0. The molecule has 2 atom stereocenters. The van der Waals surface area contributed by atoms with Crippen LogP contribution in [0, 0.1) is 0 Å². The van der Waals surface area contributed by atoms with Crippen molar-refractivity contribution in [2.45, 2.75) is 18.6 Å². The monoisotopic (exact) mass is 363 g/mol. The normalized spacial score (nSPS) is 24.9. The van der Waals surface area contributed by atoms with Gasteiger partial charge in [-0.3, -0.25) is 0 Å². The number of piperazine rings is 1. The molecule has 0 spiro atoms. The van der Waals surface area contributed by atoms with Crippen molar-refractivity contribution in [2.75, 3.05) is 41.4 Å². The van der Waals surface area contributed by atoms with Gasteiger partial charge >= 0.3 is 0 Å². The third-order valence-electron chi connectivity index (χ3n) is 4.69. The molecule has 9 nitrogen and oxygen atoms in total. The first-order valence-corrected chi connectivity index (χ1v) is 10.1. The summed E-state index contributed by atoms with van der Waals surface area (Å²) in [6, 6.07) is 1.74. The van der Waals surface area contributed by atoms with Gasteiger partial charge < -0.3 is 20.1 Å². The fourth-order valence-corrected chi connectivity index (χ4v) is 5.47. The van der Waals surface area contributed by atoms with E-state index in [0.29, 0.717) is 12.5 Å². The molecule has 0 saturated carbocycles. The maximum atomic E-state index is 12.0. The summed E-state index contributed by atoms with van der Waals surface area (Å²) in [7, 11) is -1.10. The first kappa shape index (κ1) is 16.3. The van der Waals surface area contributed by atoms with E-state index in [0.717, 1.165) is 24.7 Å². The van der Waals surface area contributed by atoms with Crippen LogP contribution in [0.4, 0.5) is 11.8 Å². The van der Waals surface area contributed by atoms with Crippen molar-refractivity contribution in [3.63, 3.8) is 0 Å². The number of anilines is 2. The van der Waals surface area contributed by atoms with Gasteiger partial charge in [-0.05, 0) is 6.07 Å². The van der Waals surface area contributed by atoms with Gasteiger partial charge in [-0.15, -0.1) is 0 Å². The van der Waals surface area contributed by atoms with E-state index in [9.17, 15) is 8.42 Å². The first-order valence-electron chi connectivity index (χ1n) is 8.25. The van der Waals surface area contributed by atoms with Gasteiger partial charge in [0.05, 0.1) is 24.1 Å². The van der Waals surface area contributed by atoms with E-state index in [2.05, 4.69) is 30.2 Å². The van der Waals surface area contributed by atoms with E-state index in [-0.39, 0.29) is 23.6 Å². The molecule has 0 aliphatic carbocycles. The SMILES string of the molecule is CN(Cc1ncc[nH]1)c1nccc(N2CCN[C@@H]3CS(=O)(=O)C[C@@H]32)n1. The molecule has 0 aromatic carbocycles. The number of aromatic amines is 1. The zero-order chi connectivity index (χ0) is 17.4. The lowest BCUT2D eigenvalue weighted by molar-refractivity contribution is 0.422. The Bertz CT molecular complexity index is 839. The molecule has 2 aromatic rings. The number of nitrogens with one attached hydrogen (secondary N) is 2. The number of aromatic nitrogens is 4. The summed E-state index contributed by atoms with van der Waals surface area (Å²) in [5.41, 5.74) is 0. The molecule has 0 unspecified atom stereocenters. The van der Waals surface area contributed by atoms with E-state index >= 15 is 0 Å². The van der Waals surface area contributed by atoms with Crippen molar-refractivity contribution in [1.82, 2.24) is 25.3 Å². The Morgan fingerprint density at radius 3 is 3.00 bits per heavy atom. The van der Waals surface area contributed by atoms with Crippen LogP contribution < -0.4 is 15.1 Å². The zero-order valence-corrected chi connectivity index (χ0v) is 14.8. The smallest absolute Gasteiger partial charge is 0.227 e. The molecule has 4 rings (SSSR count). The number of hydrogen-bond donors (Lipinski definition) is 2. The Hall–Kier alpha value is -2.20. The first-order chi connectivity index (χ1) is 12.0. The summed E-state index contributed by atoms with van der Waals surface area (Å²) in [4.78, 5) is 20.3. The summed E-state index contributed by atoms with van der Waals surface area (Å²) in [5.74, 6) is 2.56. The largest absolute Gasteiger partial charge is 0.350 e. The maximum absolute atomic E-state index is 12.0. The number of fused-ring (bicyclic) bond motifs is 1. The van der Waals surface area contributed by atoms with Gasteiger partial charge in [0.1, 0.15) is 11.6 Å². The highest BCUT2D eigenvalue weighted by molar-refractivity contribution is 7.91. The summed E-state index contributed by atoms with van der Waals surface area (Å²) in [5, 5.41) is 3.32. The Kier molecular flexibility index (Phi) is 4.08. The fourth-order valence-electron chi connectivity index (χ4n) is 3.51. The van der Waals surface area contributed by atoms with Crippen LogP contribution in [-0.4, -0.2) is 72.1 Å². The van der Waals surface area contributed by atoms with E-state index in [1.54, 1.807) is 18.6 Å². The van der Waals surface area contributed by atoms with Gasteiger partial charge in [-0.2, -0.15) is 4.98 Å². The quantitative estimate of drug-likeness (QED) is 0.742. The minimum atomic E-state index is -3.00. The molecule has 4 heterocycles. The van der Waals surface area contributed by atoms with Crippen LogP contribution in [0.25, 0.3) is 0 Å². The van der Waals surface area contributed by atoms with Crippen LogP contribution in [0.15, 0.2) is 24.7 Å². The summed E-state index contributed by atoms with van der Waals surface area (Å²) in [6.45, 7) is 2.05. The molecule has 0 bridgehead atoms. The number of rotatable bonds is 4. The predicted octanol–water partition coefficient (Wildman–Crippen LogP) is -0.589. The van der Waals surface area contributed by atoms with Crippen molar-refractivity contribution >= 4 is 21.6 Å². The third-order valence-corrected chi connectivity index (χ3v) is 6.40. The molecule has 2 fully saturated rings. The van der Waals surface area contributed by atoms with Crippen LogP contribution >= 0.6 is 0 Å². The topological polar surface area (TPSA) is 107 Å². The molecule has 2 aliphatic rings. The molecule has 10 heteroatoms. The van der Waals surface area contributed by atoms with Crippen molar-refractivity contribution in [2.24, 2.45) is 0 Å². The van der Waals surface area contributed by atoms with E-state index in [1.165, 1.54) is 0 Å². The fraction of sp³-hybridized carbons (Fsp3) is 0.533. The van der Waals surface area contributed by atoms with Gasteiger partial charge in [-0.25, -0.2) is 18.4 Å². The lowest BCUT2D eigenvalue weighted by Gasteiger charge is -2.38. The molecular weight excluding hydrogens is 342 g/mol. The average Bonchev–Trinajstić information content (AvgIpc) is 3.20. The molecular formula is C15H21N7O2S. The van der Waals surface area contributed by atoms with E-state index in [4.69, 9.17) is 0 Å². The Morgan fingerprint density at radius 2 is 2.20 bits per heavy atom. The summed E-state index contributed by atoms with van der Waals surface area (Å²) in [6.07, 6.45) is 5.21. The second-order valence-corrected chi connectivity index (χ2v) is 8.66. The highest BCUT2D eigenvalue weighted by Crippen LogP contribution is 2.26. The van der Waals surface area contributed by atoms with Crippen molar-refractivity contribution in [3.05, 3.63) is 30.5 Å². The Labute approximate surface area is 146 Å². The highest BCUT2D eigenvalue weighted by atomic mass is 32.2.